The number of rotatable bonds is 7. The van der Waals surface area contributed by atoms with Gasteiger partial charge in [-0.05, 0) is 39.3 Å². The third kappa shape index (κ3) is 6.26. The molecule has 1 N–H and O–H groups in total. The average Bonchev–Trinajstić information content (AvgIpc) is 2.71. The third-order valence-electron chi connectivity index (χ3n) is 3.08. The Balaban J connectivity index is 2.61. The van der Waals surface area contributed by atoms with Gasteiger partial charge in [0.25, 0.3) is 0 Å². The molecule has 3 nitrogen and oxygen atoms in total. The first-order valence-corrected chi connectivity index (χ1v) is 7.34. The van der Waals surface area contributed by atoms with Gasteiger partial charge in [-0.15, -0.1) is 0 Å². The molecule has 3 heteroatoms. The fourth-order valence-corrected chi connectivity index (χ4v) is 2.07. The van der Waals surface area contributed by atoms with Crippen molar-refractivity contribution in [2.75, 3.05) is 13.1 Å². The molecule has 0 aliphatic carbocycles. The van der Waals surface area contributed by atoms with E-state index in [9.17, 15) is 0 Å². The lowest BCUT2D eigenvalue weighted by atomic mass is 10.1. The van der Waals surface area contributed by atoms with Crippen molar-refractivity contribution >= 4 is 0 Å². The average molecular weight is 266 g/mol. The number of nitrogens with one attached hydrogen (secondary N) is 1. The Morgan fingerprint density at radius 2 is 2.00 bits per heavy atom. The largest absolute Gasteiger partial charge is 0.468 e. The van der Waals surface area contributed by atoms with Crippen LogP contribution in [0.25, 0.3) is 0 Å². The second-order valence-corrected chi connectivity index (χ2v) is 6.69. The highest BCUT2D eigenvalue weighted by Crippen LogP contribution is 2.15. The Morgan fingerprint density at radius 1 is 1.32 bits per heavy atom. The highest BCUT2D eigenvalue weighted by Gasteiger charge is 2.14. The van der Waals surface area contributed by atoms with Crippen LogP contribution in [-0.2, 0) is 13.1 Å². The van der Waals surface area contributed by atoms with Crippen molar-refractivity contribution < 1.29 is 4.42 Å². The summed E-state index contributed by atoms with van der Waals surface area (Å²) in [7, 11) is 0. The predicted octanol–water partition coefficient (Wildman–Crippen LogP) is 3.65. The maximum Gasteiger partial charge on any atom is 0.122 e. The number of hydrogen-bond donors (Lipinski definition) is 1. The number of furan rings is 1. The first-order valence-electron chi connectivity index (χ1n) is 7.34. The Labute approximate surface area is 118 Å². The second kappa shape index (κ2) is 7.11. The van der Waals surface area contributed by atoms with Gasteiger partial charge in [0, 0.05) is 24.2 Å². The van der Waals surface area contributed by atoms with Gasteiger partial charge in [0.1, 0.15) is 5.76 Å². The molecule has 0 aliphatic heterocycles. The van der Waals surface area contributed by atoms with E-state index >= 15 is 0 Å². The molecule has 0 saturated carbocycles. The molecule has 19 heavy (non-hydrogen) atoms. The lowest BCUT2D eigenvalue weighted by Crippen LogP contribution is -2.35. The van der Waals surface area contributed by atoms with Crippen LogP contribution in [0.15, 0.2) is 16.7 Å². The highest BCUT2D eigenvalue weighted by molar-refractivity contribution is 5.17. The first-order chi connectivity index (χ1) is 8.81. The van der Waals surface area contributed by atoms with E-state index in [-0.39, 0.29) is 5.54 Å². The van der Waals surface area contributed by atoms with Gasteiger partial charge < -0.3 is 9.73 Å². The van der Waals surface area contributed by atoms with Crippen molar-refractivity contribution in [2.24, 2.45) is 5.92 Å². The second-order valence-electron chi connectivity index (χ2n) is 6.69. The van der Waals surface area contributed by atoms with E-state index in [1.54, 1.807) is 6.26 Å². The Kier molecular flexibility index (Phi) is 6.08. The van der Waals surface area contributed by atoms with Crippen LogP contribution >= 0.6 is 0 Å². The normalized spacial score (nSPS) is 12.6. The zero-order valence-electron chi connectivity index (χ0n) is 13.4. The van der Waals surface area contributed by atoms with Crippen LogP contribution in [0.4, 0.5) is 0 Å². The van der Waals surface area contributed by atoms with E-state index in [1.165, 1.54) is 5.56 Å². The van der Waals surface area contributed by atoms with Crippen molar-refractivity contribution in [3.05, 3.63) is 23.7 Å². The topological polar surface area (TPSA) is 28.4 Å². The first kappa shape index (κ1) is 16.3. The molecule has 0 fully saturated rings. The van der Waals surface area contributed by atoms with Crippen molar-refractivity contribution in [1.82, 2.24) is 10.2 Å². The van der Waals surface area contributed by atoms with Crippen LogP contribution < -0.4 is 5.32 Å². The molecular formula is C16H30N2O. The minimum absolute atomic E-state index is 0.117. The van der Waals surface area contributed by atoms with Gasteiger partial charge in [0.05, 0.1) is 12.8 Å². The van der Waals surface area contributed by atoms with E-state index in [0.29, 0.717) is 5.92 Å². The molecule has 1 aromatic rings. The summed E-state index contributed by atoms with van der Waals surface area (Å²) in [5.41, 5.74) is 1.42. The monoisotopic (exact) mass is 266 g/mol. The van der Waals surface area contributed by atoms with Gasteiger partial charge in [0.2, 0.25) is 0 Å². The van der Waals surface area contributed by atoms with Crippen LogP contribution in [0.2, 0.25) is 0 Å². The molecule has 0 amide bonds. The minimum Gasteiger partial charge on any atom is -0.468 e. The molecular weight excluding hydrogens is 236 g/mol. The van der Waals surface area contributed by atoms with E-state index in [1.807, 2.05) is 0 Å². The van der Waals surface area contributed by atoms with Crippen molar-refractivity contribution in [1.29, 1.82) is 0 Å². The Hall–Kier alpha value is -0.800. The standard InChI is InChI=1S/C16H30N2O/c1-7-18(11-13(2)3)12-14-8-9-19-15(14)10-17-16(4,5)6/h8-9,13,17H,7,10-12H2,1-6H3. The summed E-state index contributed by atoms with van der Waals surface area (Å²) in [5.74, 6) is 1.76. The summed E-state index contributed by atoms with van der Waals surface area (Å²) in [4.78, 5) is 2.47. The summed E-state index contributed by atoms with van der Waals surface area (Å²) in [5, 5.41) is 3.48. The Bertz CT molecular complexity index is 363. The zero-order chi connectivity index (χ0) is 14.5. The minimum atomic E-state index is 0.117. The molecule has 1 aromatic heterocycles. The van der Waals surface area contributed by atoms with E-state index in [4.69, 9.17) is 4.42 Å². The molecule has 0 spiro atoms. The van der Waals surface area contributed by atoms with E-state index < -0.39 is 0 Å². The zero-order valence-corrected chi connectivity index (χ0v) is 13.4. The summed E-state index contributed by atoms with van der Waals surface area (Å²) >= 11 is 0. The molecule has 0 saturated heterocycles. The molecule has 0 radical (unpaired) electrons. The molecule has 1 rings (SSSR count). The fourth-order valence-electron chi connectivity index (χ4n) is 2.07. The summed E-state index contributed by atoms with van der Waals surface area (Å²) in [6.07, 6.45) is 1.80. The van der Waals surface area contributed by atoms with E-state index in [0.717, 1.165) is 31.9 Å². The Morgan fingerprint density at radius 3 is 2.53 bits per heavy atom. The van der Waals surface area contributed by atoms with Crippen molar-refractivity contribution in [3.8, 4) is 0 Å². The molecule has 0 bridgehead atoms. The SMILES string of the molecule is CCN(Cc1ccoc1CNC(C)(C)C)CC(C)C. The van der Waals surface area contributed by atoms with Gasteiger partial charge in [0.15, 0.2) is 0 Å². The predicted molar refractivity (Wildman–Crippen MR) is 81.1 cm³/mol. The van der Waals surface area contributed by atoms with Crippen molar-refractivity contribution in [2.45, 2.75) is 60.2 Å². The number of hydrogen-bond acceptors (Lipinski definition) is 3. The smallest absolute Gasteiger partial charge is 0.122 e. The molecule has 0 atom stereocenters. The molecule has 0 aliphatic rings. The molecule has 0 aromatic carbocycles. The van der Waals surface area contributed by atoms with Gasteiger partial charge in [-0.3, -0.25) is 4.90 Å². The van der Waals surface area contributed by atoms with Gasteiger partial charge in [-0.25, -0.2) is 0 Å². The summed E-state index contributed by atoms with van der Waals surface area (Å²) in [6.45, 7) is 17.3. The van der Waals surface area contributed by atoms with E-state index in [2.05, 4.69) is 57.8 Å². The fraction of sp³-hybridized carbons (Fsp3) is 0.750. The molecule has 1 heterocycles. The van der Waals surface area contributed by atoms with Gasteiger partial charge in [-0.2, -0.15) is 0 Å². The van der Waals surface area contributed by atoms with Gasteiger partial charge >= 0.3 is 0 Å². The summed E-state index contributed by atoms with van der Waals surface area (Å²) in [6, 6.07) is 2.10. The van der Waals surface area contributed by atoms with Crippen LogP contribution in [0.1, 0.15) is 52.9 Å². The van der Waals surface area contributed by atoms with Crippen molar-refractivity contribution in [3.63, 3.8) is 0 Å². The molecule has 0 unspecified atom stereocenters. The van der Waals surface area contributed by atoms with Crippen LogP contribution in [-0.4, -0.2) is 23.5 Å². The van der Waals surface area contributed by atoms with Gasteiger partial charge in [-0.1, -0.05) is 20.8 Å². The maximum absolute atomic E-state index is 5.62. The highest BCUT2D eigenvalue weighted by atomic mass is 16.3. The van der Waals surface area contributed by atoms with Crippen LogP contribution in [0.3, 0.4) is 0 Å². The number of nitrogens with zero attached hydrogens (tertiary/aromatic N) is 1. The van der Waals surface area contributed by atoms with Crippen LogP contribution in [0.5, 0.6) is 0 Å². The lowest BCUT2D eigenvalue weighted by molar-refractivity contribution is 0.245. The lowest BCUT2D eigenvalue weighted by Gasteiger charge is -2.23. The summed E-state index contributed by atoms with van der Waals surface area (Å²) < 4.78 is 5.62. The van der Waals surface area contributed by atoms with Crippen LogP contribution in [0, 0.1) is 5.92 Å². The third-order valence-corrected chi connectivity index (χ3v) is 3.08. The maximum atomic E-state index is 5.62. The quantitative estimate of drug-likeness (QED) is 0.816. The molecule has 110 valence electrons.